The first-order valence-electron chi connectivity index (χ1n) is 7.62. The van der Waals surface area contributed by atoms with Crippen LogP contribution in [-0.2, 0) is 15.9 Å². The monoisotopic (exact) mass is 328 g/mol. The molecule has 1 heterocycles. The van der Waals surface area contributed by atoms with Crippen molar-refractivity contribution in [1.29, 1.82) is 0 Å². The lowest BCUT2D eigenvalue weighted by molar-refractivity contribution is -0.301. The molecule has 0 spiro atoms. The van der Waals surface area contributed by atoms with E-state index in [1.165, 1.54) is 0 Å². The first kappa shape index (κ1) is 18.1. The standard InChI is InChI=1S/C16H24O7/c1-21-11-6-4-10(5-7-11)3-2-8-22-16-15(20)14(19)13(18)12(9-17)23-16/h4-7,12-20H,2-3,8-9H2,1H3/t12-,13-,14+,15-,16-/m1/s1. The Hall–Kier alpha value is -1.22. The lowest BCUT2D eigenvalue weighted by Crippen LogP contribution is -2.59. The van der Waals surface area contributed by atoms with Crippen LogP contribution >= 0.6 is 0 Å². The largest absolute Gasteiger partial charge is 0.497 e. The van der Waals surface area contributed by atoms with E-state index in [0.29, 0.717) is 13.0 Å². The molecule has 7 nitrogen and oxygen atoms in total. The molecule has 4 N–H and O–H groups in total. The van der Waals surface area contributed by atoms with Crippen LogP contribution in [0.3, 0.4) is 0 Å². The van der Waals surface area contributed by atoms with Crippen LogP contribution in [-0.4, -0.2) is 71.5 Å². The quantitative estimate of drug-likeness (QED) is 0.497. The maximum absolute atomic E-state index is 9.84. The Bertz CT molecular complexity index is 462. The fourth-order valence-electron chi connectivity index (χ4n) is 2.47. The van der Waals surface area contributed by atoms with Crippen molar-refractivity contribution < 1.29 is 34.6 Å². The summed E-state index contributed by atoms with van der Waals surface area (Å²) in [4.78, 5) is 0. The minimum Gasteiger partial charge on any atom is -0.497 e. The van der Waals surface area contributed by atoms with Gasteiger partial charge >= 0.3 is 0 Å². The lowest BCUT2D eigenvalue weighted by atomic mass is 9.99. The molecular weight excluding hydrogens is 304 g/mol. The van der Waals surface area contributed by atoms with E-state index in [4.69, 9.17) is 19.3 Å². The molecule has 130 valence electrons. The number of methoxy groups -OCH3 is 1. The minimum atomic E-state index is -1.41. The Morgan fingerprint density at radius 3 is 2.35 bits per heavy atom. The van der Waals surface area contributed by atoms with E-state index < -0.39 is 37.3 Å². The van der Waals surface area contributed by atoms with Gasteiger partial charge in [0.1, 0.15) is 30.2 Å². The highest BCUT2D eigenvalue weighted by atomic mass is 16.7. The topological polar surface area (TPSA) is 109 Å². The summed E-state index contributed by atoms with van der Waals surface area (Å²) in [6.07, 6.45) is -4.67. The highest BCUT2D eigenvalue weighted by molar-refractivity contribution is 5.27. The van der Waals surface area contributed by atoms with E-state index in [9.17, 15) is 15.3 Å². The average Bonchev–Trinajstić information content (AvgIpc) is 2.59. The first-order chi connectivity index (χ1) is 11.1. The van der Waals surface area contributed by atoms with Crippen LogP contribution in [0.15, 0.2) is 24.3 Å². The molecule has 0 amide bonds. The van der Waals surface area contributed by atoms with Gasteiger partial charge in [0.15, 0.2) is 6.29 Å². The van der Waals surface area contributed by atoms with E-state index in [1.807, 2.05) is 24.3 Å². The zero-order chi connectivity index (χ0) is 16.8. The predicted octanol–water partition coefficient (Wildman–Crippen LogP) is -0.556. The molecule has 0 aromatic heterocycles. The van der Waals surface area contributed by atoms with E-state index in [1.54, 1.807) is 7.11 Å². The van der Waals surface area contributed by atoms with E-state index in [-0.39, 0.29) is 0 Å². The number of hydrogen-bond acceptors (Lipinski definition) is 7. The summed E-state index contributed by atoms with van der Waals surface area (Å²) >= 11 is 0. The fraction of sp³-hybridized carbons (Fsp3) is 0.625. The maximum atomic E-state index is 9.84. The first-order valence-corrected chi connectivity index (χ1v) is 7.62. The molecule has 1 aromatic carbocycles. The highest BCUT2D eigenvalue weighted by Crippen LogP contribution is 2.22. The second kappa shape index (κ2) is 8.58. The smallest absolute Gasteiger partial charge is 0.186 e. The van der Waals surface area contributed by atoms with Crippen molar-refractivity contribution in [3.63, 3.8) is 0 Å². The van der Waals surface area contributed by atoms with Gasteiger partial charge in [-0.3, -0.25) is 0 Å². The molecule has 0 saturated carbocycles. The summed E-state index contributed by atoms with van der Waals surface area (Å²) in [5, 5.41) is 38.3. The van der Waals surface area contributed by atoms with Gasteiger partial charge in [-0.25, -0.2) is 0 Å². The number of benzene rings is 1. The molecule has 7 heteroatoms. The summed E-state index contributed by atoms with van der Waals surface area (Å²) in [6.45, 7) is -0.147. The molecule has 1 fully saturated rings. The summed E-state index contributed by atoms with van der Waals surface area (Å²) in [7, 11) is 1.61. The molecule has 5 atom stereocenters. The lowest BCUT2D eigenvalue weighted by Gasteiger charge is -2.39. The Morgan fingerprint density at radius 2 is 1.74 bits per heavy atom. The van der Waals surface area contributed by atoms with Crippen LogP contribution < -0.4 is 4.74 Å². The van der Waals surface area contributed by atoms with Gasteiger partial charge in [0, 0.05) is 0 Å². The normalized spacial score (nSPS) is 31.1. The minimum absolute atomic E-state index is 0.314. The maximum Gasteiger partial charge on any atom is 0.186 e. The Morgan fingerprint density at radius 1 is 1.04 bits per heavy atom. The second-order valence-corrected chi connectivity index (χ2v) is 5.52. The van der Waals surface area contributed by atoms with Crippen LogP contribution in [0.25, 0.3) is 0 Å². The number of hydrogen-bond donors (Lipinski definition) is 4. The fourth-order valence-corrected chi connectivity index (χ4v) is 2.47. The summed E-state index contributed by atoms with van der Waals surface area (Å²) < 4.78 is 15.8. The SMILES string of the molecule is COc1ccc(CCCO[C@@H]2O[C@H](CO)[C@@H](O)[C@H](O)[C@H]2O)cc1. The van der Waals surface area contributed by atoms with E-state index in [2.05, 4.69) is 0 Å². The van der Waals surface area contributed by atoms with Gasteiger partial charge in [0.25, 0.3) is 0 Å². The number of aliphatic hydroxyl groups excluding tert-OH is 4. The van der Waals surface area contributed by atoms with Gasteiger partial charge in [-0.15, -0.1) is 0 Å². The van der Waals surface area contributed by atoms with Gasteiger partial charge in [0.2, 0.25) is 0 Å². The highest BCUT2D eigenvalue weighted by Gasteiger charge is 2.43. The Labute approximate surface area is 135 Å². The average molecular weight is 328 g/mol. The molecule has 0 bridgehead atoms. The molecule has 1 saturated heterocycles. The van der Waals surface area contributed by atoms with Crippen molar-refractivity contribution in [2.75, 3.05) is 20.3 Å². The predicted molar refractivity (Wildman–Crippen MR) is 81.0 cm³/mol. The summed E-state index contributed by atoms with van der Waals surface area (Å²) in [5.74, 6) is 0.798. The van der Waals surface area contributed by atoms with Crippen LogP contribution in [0.5, 0.6) is 5.75 Å². The van der Waals surface area contributed by atoms with Crippen molar-refractivity contribution in [2.45, 2.75) is 43.5 Å². The van der Waals surface area contributed by atoms with Gasteiger partial charge in [0.05, 0.1) is 20.3 Å². The second-order valence-electron chi connectivity index (χ2n) is 5.52. The summed E-state index contributed by atoms with van der Waals surface area (Å²) in [5.41, 5.74) is 1.13. The van der Waals surface area contributed by atoms with Crippen molar-refractivity contribution in [3.05, 3.63) is 29.8 Å². The third kappa shape index (κ3) is 4.63. The van der Waals surface area contributed by atoms with Crippen LogP contribution in [0.2, 0.25) is 0 Å². The van der Waals surface area contributed by atoms with Gasteiger partial charge in [-0.05, 0) is 30.5 Å². The van der Waals surface area contributed by atoms with Gasteiger partial charge in [-0.1, -0.05) is 12.1 Å². The molecule has 23 heavy (non-hydrogen) atoms. The zero-order valence-electron chi connectivity index (χ0n) is 13.0. The molecule has 1 aliphatic heterocycles. The van der Waals surface area contributed by atoms with Crippen LogP contribution in [0.1, 0.15) is 12.0 Å². The van der Waals surface area contributed by atoms with E-state index in [0.717, 1.165) is 17.7 Å². The number of ether oxygens (including phenoxy) is 3. The molecule has 0 radical (unpaired) electrons. The van der Waals surface area contributed by atoms with Crippen molar-refractivity contribution in [2.24, 2.45) is 0 Å². The third-order valence-electron chi connectivity index (χ3n) is 3.90. The molecule has 0 aliphatic carbocycles. The Kier molecular flexibility index (Phi) is 6.76. The number of aryl methyl sites for hydroxylation is 1. The van der Waals surface area contributed by atoms with Crippen molar-refractivity contribution in [1.82, 2.24) is 0 Å². The van der Waals surface area contributed by atoms with Crippen molar-refractivity contribution >= 4 is 0 Å². The van der Waals surface area contributed by atoms with Crippen LogP contribution in [0, 0.1) is 0 Å². The third-order valence-corrected chi connectivity index (χ3v) is 3.90. The molecule has 2 rings (SSSR count). The number of aliphatic hydroxyl groups is 4. The van der Waals surface area contributed by atoms with E-state index >= 15 is 0 Å². The number of rotatable bonds is 7. The van der Waals surface area contributed by atoms with Crippen molar-refractivity contribution in [3.8, 4) is 5.75 Å². The Balaban J connectivity index is 1.76. The zero-order valence-corrected chi connectivity index (χ0v) is 13.0. The van der Waals surface area contributed by atoms with Gasteiger partial charge < -0.3 is 34.6 Å². The molecule has 0 unspecified atom stereocenters. The summed E-state index contributed by atoms with van der Waals surface area (Å²) in [6, 6.07) is 7.70. The molecule has 1 aromatic rings. The molecular formula is C16H24O7. The van der Waals surface area contributed by atoms with Crippen LogP contribution in [0.4, 0.5) is 0 Å². The van der Waals surface area contributed by atoms with Gasteiger partial charge in [-0.2, -0.15) is 0 Å². The molecule has 1 aliphatic rings.